The van der Waals surface area contributed by atoms with Crippen LogP contribution < -0.4 is 5.32 Å². The van der Waals surface area contributed by atoms with Crippen LogP contribution in [-0.2, 0) is 9.53 Å². The van der Waals surface area contributed by atoms with Gasteiger partial charge in [-0.05, 0) is 70.6 Å². The number of rotatable bonds is 2. The number of hydrogen-bond donors (Lipinski definition) is 2. The summed E-state index contributed by atoms with van der Waals surface area (Å²) < 4.78 is 5.46. The molecule has 1 amide bonds. The Morgan fingerprint density at radius 1 is 1.31 bits per heavy atom. The lowest BCUT2D eigenvalue weighted by Crippen LogP contribution is -2.57. The van der Waals surface area contributed by atoms with E-state index in [4.69, 9.17) is 4.74 Å². The van der Waals surface area contributed by atoms with Crippen molar-refractivity contribution in [3.05, 3.63) is 23.5 Å². The van der Waals surface area contributed by atoms with E-state index in [9.17, 15) is 14.7 Å². The lowest BCUT2D eigenvalue weighted by molar-refractivity contribution is -0.135. The Hall–Kier alpha value is -1.78. The van der Waals surface area contributed by atoms with Crippen LogP contribution in [0.15, 0.2) is 23.5 Å². The van der Waals surface area contributed by atoms with Gasteiger partial charge in [-0.25, -0.2) is 4.79 Å². The molecule has 0 spiro atoms. The zero-order chi connectivity index (χ0) is 21.7. The first-order chi connectivity index (χ1) is 13.4. The minimum absolute atomic E-state index is 0.0678. The van der Waals surface area contributed by atoms with Gasteiger partial charge in [-0.2, -0.15) is 0 Å². The quantitative estimate of drug-likeness (QED) is 0.364. The molecule has 0 aliphatic heterocycles. The van der Waals surface area contributed by atoms with Crippen molar-refractivity contribution in [1.29, 1.82) is 0 Å². The number of fused-ring (bicyclic) bond motifs is 3. The molecule has 3 atom stereocenters. The molecule has 0 aromatic rings. The van der Waals surface area contributed by atoms with E-state index in [1.54, 1.807) is 0 Å². The Bertz CT molecular complexity index is 757. The molecule has 29 heavy (non-hydrogen) atoms. The van der Waals surface area contributed by atoms with E-state index < -0.39 is 11.0 Å². The summed E-state index contributed by atoms with van der Waals surface area (Å²) in [6.45, 7) is 12.5. The summed E-state index contributed by atoms with van der Waals surface area (Å²) in [5, 5.41) is 12.8. The molecule has 2 saturated carbocycles. The maximum atomic E-state index is 12.9. The smallest absolute Gasteiger partial charge is 0.407 e. The number of alkyl carbamates (subject to hydrolysis) is 1. The maximum absolute atomic E-state index is 12.9. The van der Waals surface area contributed by atoms with Crippen LogP contribution in [0.3, 0.4) is 0 Å². The molecule has 0 unspecified atom stereocenters. The molecule has 5 heteroatoms. The number of Topliss-reactive ketones (excluding diaryl/α,β-unsaturated/α-hetero) is 1. The molecular formula is C24H37NO4. The molecule has 2 N–H and O–H groups in total. The number of carbonyl (C=O) groups excluding carboxylic acids is 2. The molecule has 0 saturated heterocycles. The van der Waals surface area contributed by atoms with E-state index in [0.717, 1.165) is 38.4 Å². The molecular weight excluding hydrogens is 366 g/mol. The summed E-state index contributed by atoms with van der Waals surface area (Å²) >= 11 is 0. The highest BCUT2D eigenvalue weighted by molar-refractivity contribution is 6.00. The third-order valence-electron chi connectivity index (χ3n) is 7.51. The van der Waals surface area contributed by atoms with Crippen LogP contribution in [0, 0.1) is 22.2 Å². The minimum Gasteiger partial charge on any atom is -0.515 e. The number of hydrogen-bond acceptors (Lipinski definition) is 4. The van der Waals surface area contributed by atoms with E-state index >= 15 is 0 Å². The largest absolute Gasteiger partial charge is 0.515 e. The molecule has 0 radical (unpaired) electrons. The number of allylic oxidation sites excluding steroid dienone is 2. The van der Waals surface area contributed by atoms with Crippen LogP contribution in [-0.4, -0.2) is 29.1 Å². The van der Waals surface area contributed by atoms with Gasteiger partial charge >= 0.3 is 6.09 Å². The highest BCUT2D eigenvalue weighted by Crippen LogP contribution is 2.65. The SMILES string of the molecule is CC(C)(C)OC(=O)NC[C@]12CCCC=C1[C@@]1(C)C/C(=C/O)C(=O)C(C)(C)[C@@H]1CC2. The van der Waals surface area contributed by atoms with Crippen molar-refractivity contribution in [2.75, 3.05) is 6.54 Å². The highest BCUT2D eigenvalue weighted by atomic mass is 16.6. The van der Waals surface area contributed by atoms with Gasteiger partial charge in [0.05, 0.1) is 6.26 Å². The Labute approximate surface area is 175 Å². The molecule has 162 valence electrons. The summed E-state index contributed by atoms with van der Waals surface area (Å²) in [5.41, 5.74) is 0.563. The minimum atomic E-state index is -0.523. The van der Waals surface area contributed by atoms with Crippen molar-refractivity contribution in [3.63, 3.8) is 0 Å². The van der Waals surface area contributed by atoms with Crippen molar-refractivity contribution < 1.29 is 19.4 Å². The standard InChI is InChI=1S/C24H37NO4/c1-21(2,3)29-20(28)25-15-24-11-8-7-9-18(24)23(6)13-16(14-26)19(27)22(4,5)17(23)10-12-24/h9,14,17,26H,7-8,10-13,15H2,1-6H3,(H,25,28)/b16-14-/t17-,23-,24+/m0/s1. The molecule has 0 aromatic carbocycles. The summed E-state index contributed by atoms with van der Waals surface area (Å²) in [6.07, 6.45) is 8.63. The van der Waals surface area contributed by atoms with Crippen LogP contribution in [0.2, 0.25) is 0 Å². The number of aliphatic hydroxyl groups excluding tert-OH is 1. The van der Waals surface area contributed by atoms with Gasteiger partial charge in [0.25, 0.3) is 0 Å². The van der Waals surface area contributed by atoms with Gasteiger partial charge < -0.3 is 15.2 Å². The average Bonchev–Trinajstić information content (AvgIpc) is 2.62. The number of ether oxygens (including phenoxy) is 1. The fraction of sp³-hybridized carbons (Fsp3) is 0.750. The van der Waals surface area contributed by atoms with Gasteiger partial charge in [0.1, 0.15) is 5.60 Å². The monoisotopic (exact) mass is 403 g/mol. The molecule has 0 aromatic heterocycles. The van der Waals surface area contributed by atoms with Gasteiger partial charge in [-0.1, -0.05) is 32.4 Å². The summed E-state index contributed by atoms with van der Waals surface area (Å²) in [7, 11) is 0. The molecule has 2 fully saturated rings. The molecule has 3 aliphatic carbocycles. The number of nitrogens with one attached hydrogen (secondary N) is 1. The van der Waals surface area contributed by atoms with Crippen LogP contribution in [0.4, 0.5) is 4.79 Å². The second kappa shape index (κ2) is 7.17. The first kappa shape index (κ1) is 21.9. The predicted octanol–water partition coefficient (Wildman–Crippen LogP) is 5.47. The van der Waals surface area contributed by atoms with Crippen molar-refractivity contribution in [1.82, 2.24) is 5.32 Å². The van der Waals surface area contributed by atoms with Gasteiger partial charge in [-0.15, -0.1) is 0 Å². The zero-order valence-corrected chi connectivity index (χ0v) is 18.9. The molecule has 3 aliphatic rings. The fourth-order valence-corrected chi connectivity index (χ4v) is 6.42. The second-order valence-corrected chi connectivity index (χ2v) is 11.0. The third kappa shape index (κ3) is 3.73. The third-order valence-corrected chi connectivity index (χ3v) is 7.51. The average molecular weight is 404 g/mol. The fourth-order valence-electron chi connectivity index (χ4n) is 6.42. The number of carbonyl (C=O) groups is 2. The molecule has 0 heterocycles. The van der Waals surface area contributed by atoms with Crippen molar-refractivity contribution >= 4 is 11.9 Å². The Kier molecular flexibility index (Phi) is 5.42. The van der Waals surface area contributed by atoms with Crippen LogP contribution >= 0.6 is 0 Å². The van der Waals surface area contributed by atoms with Crippen LogP contribution in [0.25, 0.3) is 0 Å². The first-order valence-corrected chi connectivity index (χ1v) is 10.9. The Morgan fingerprint density at radius 3 is 2.62 bits per heavy atom. The Morgan fingerprint density at radius 2 is 2.00 bits per heavy atom. The lowest BCUT2D eigenvalue weighted by Gasteiger charge is -2.60. The topological polar surface area (TPSA) is 75.6 Å². The number of aliphatic hydroxyl groups is 1. The van der Waals surface area contributed by atoms with Gasteiger partial charge in [-0.3, -0.25) is 4.79 Å². The predicted molar refractivity (Wildman–Crippen MR) is 114 cm³/mol. The molecule has 5 nitrogen and oxygen atoms in total. The lowest BCUT2D eigenvalue weighted by atomic mass is 9.43. The summed E-state index contributed by atoms with van der Waals surface area (Å²) in [6, 6.07) is 0. The van der Waals surface area contributed by atoms with Crippen molar-refractivity contribution in [2.45, 2.75) is 85.7 Å². The summed E-state index contributed by atoms with van der Waals surface area (Å²) in [5.74, 6) is 0.295. The van der Waals surface area contributed by atoms with E-state index in [-0.39, 0.29) is 28.6 Å². The van der Waals surface area contributed by atoms with E-state index in [1.165, 1.54) is 5.57 Å². The van der Waals surface area contributed by atoms with Gasteiger partial charge in [0, 0.05) is 22.9 Å². The number of ketones is 1. The van der Waals surface area contributed by atoms with E-state index in [1.807, 2.05) is 34.6 Å². The molecule has 3 rings (SSSR count). The van der Waals surface area contributed by atoms with E-state index in [0.29, 0.717) is 18.5 Å². The normalized spacial score (nSPS) is 35.4. The maximum Gasteiger partial charge on any atom is 0.407 e. The van der Waals surface area contributed by atoms with Gasteiger partial charge in [0.2, 0.25) is 0 Å². The van der Waals surface area contributed by atoms with E-state index in [2.05, 4.69) is 18.3 Å². The molecule has 0 bridgehead atoms. The summed E-state index contributed by atoms with van der Waals surface area (Å²) in [4.78, 5) is 25.3. The van der Waals surface area contributed by atoms with Crippen molar-refractivity contribution in [3.8, 4) is 0 Å². The van der Waals surface area contributed by atoms with Gasteiger partial charge in [0.15, 0.2) is 5.78 Å². The zero-order valence-electron chi connectivity index (χ0n) is 18.9. The van der Waals surface area contributed by atoms with Crippen LogP contribution in [0.1, 0.15) is 80.1 Å². The Balaban J connectivity index is 1.92. The van der Waals surface area contributed by atoms with Crippen LogP contribution in [0.5, 0.6) is 0 Å². The highest BCUT2D eigenvalue weighted by Gasteiger charge is 2.60. The first-order valence-electron chi connectivity index (χ1n) is 10.9. The van der Waals surface area contributed by atoms with Crippen molar-refractivity contribution in [2.24, 2.45) is 22.2 Å². The second-order valence-electron chi connectivity index (χ2n) is 11.0. The number of amides is 1.